The van der Waals surface area contributed by atoms with E-state index >= 15 is 0 Å². The van der Waals surface area contributed by atoms with Gasteiger partial charge in [-0.2, -0.15) is 0 Å². The Labute approximate surface area is 175 Å². The summed E-state index contributed by atoms with van der Waals surface area (Å²) in [6, 6.07) is 3.50. The van der Waals surface area contributed by atoms with E-state index in [4.69, 9.17) is 11.6 Å². The zero-order valence-corrected chi connectivity index (χ0v) is 18.5. The Hall–Kier alpha value is -1.53. The molecule has 0 radical (unpaired) electrons. The lowest BCUT2D eigenvalue weighted by molar-refractivity contribution is -0.143. The Balaban J connectivity index is 2.30. The molecule has 1 fully saturated rings. The van der Waals surface area contributed by atoms with Gasteiger partial charge in [0.25, 0.3) is 0 Å². The van der Waals surface area contributed by atoms with Gasteiger partial charge in [0.05, 0.1) is 11.4 Å². The highest BCUT2D eigenvalue weighted by Crippen LogP contribution is 2.36. The number of carboxylic acids is 1. The number of hydrogen-bond donors (Lipinski definition) is 1. The SMILES string of the molecule is Cc1ccc(Cl)c(C)c1N(C(=O)CSC(=O)C1CCCCC1)C(C)(C)C(=O)O. The minimum atomic E-state index is -1.48. The molecule has 1 saturated carbocycles. The molecule has 1 aliphatic rings. The molecule has 0 spiro atoms. The Morgan fingerprint density at radius 1 is 1.18 bits per heavy atom. The Morgan fingerprint density at radius 2 is 1.79 bits per heavy atom. The molecule has 0 heterocycles. The summed E-state index contributed by atoms with van der Waals surface area (Å²) in [5.74, 6) is -1.61. The summed E-state index contributed by atoms with van der Waals surface area (Å²) in [7, 11) is 0. The van der Waals surface area contributed by atoms with E-state index in [1.54, 1.807) is 19.1 Å². The first-order chi connectivity index (χ1) is 13.1. The molecule has 0 aliphatic heterocycles. The van der Waals surface area contributed by atoms with Crippen molar-refractivity contribution in [3.05, 3.63) is 28.3 Å². The summed E-state index contributed by atoms with van der Waals surface area (Å²) in [4.78, 5) is 38.8. The highest BCUT2D eigenvalue weighted by Gasteiger charge is 2.40. The number of halogens is 1. The number of amides is 1. The molecular weight excluding hydrogens is 398 g/mol. The number of carbonyl (C=O) groups is 3. The number of carboxylic acid groups (broad SMARTS) is 1. The molecule has 0 aromatic heterocycles. The topological polar surface area (TPSA) is 74.7 Å². The molecule has 7 heteroatoms. The van der Waals surface area contributed by atoms with Crippen molar-refractivity contribution in [3.63, 3.8) is 0 Å². The Morgan fingerprint density at radius 3 is 2.36 bits per heavy atom. The first-order valence-corrected chi connectivity index (χ1v) is 10.9. The van der Waals surface area contributed by atoms with Crippen molar-refractivity contribution < 1.29 is 19.5 Å². The molecule has 2 rings (SSSR count). The average Bonchev–Trinajstić information content (AvgIpc) is 2.66. The summed E-state index contributed by atoms with van der Waals surface area (Å²) in [5, 5.41) is 10.2. The second-order valence-electron chi connectivity index (χ2n) is 7.87. The molecule has 1 N–H and O–H groups in total. The maximum absolute atomic E-state index is 13.1. The van der Waals surface area contributed by atoms with E-state index in [2.05, 4.69) is 0 Å². The van der Waals surface area contributed by atoms with Crippen molar-refractivity contribution in [2.75, 3.05) is 10.7 Å². The van der Waals surface area contributed by atoms with Gasteiger partial charge in [-0.3, -0.25) is 14.5 Å². The van der Waals surface area contributed by atoms with Crippen LogP contribution in [0.3, 0.4) is 0 Å². The van der Waals surface area contributed by atoms with E-state index in [0.29, 0.717) is 16.3 Å². The van der Waals surface area contributed by atoms with Gasteiger partial charge in [0.15, 0.2) is 5.12 Å². The smallest absolute Gasteiger partial charge is 0.329 e. The highest BCUT2D eigenvalue weighted by molar-refractivity contribution is 8.14. The zero-order valence-electron chi connectivity index (χ0n) is 16.9. The second kappa shape index (κ2) is 9.31. The van der Waals surface area contributed by atoms with Crippen LogP contribution in [-0.4, -0.2) is 33.4 Å². The van der Waals surface area contributed by atoms with E-state index in [1.807, 2.05) is 6.92 Å². The van der Waals surface area contributed by atoms with Gasteiger partial charge >= 0.3 is 5.97 Å². The lowest BCUT2D eigenvalue weighted by atomic mass is 9.90. The van der Waals surface area contributed by atoms with Crippen molar-refractivity contribution in [2.45, 2.75) is 65.3 Å². The summed E-state index contributed by atoms with van der Waals surface area (Å²) in [6.45, 7) is 6.56. The number of benzene rings is 1. The molecule has 1 aliphatic carbocycles. The summed E-state index contributed by atoms with van der Waals surface area (Å²) < 4.78 is 0. The van der Waals surface area contributed by atoms with Crippen molar-refractivity contribution >= 4 is 46.0 Å². The molecule has 28 heavy (non-hydrogen) atoms. The van der Waals surface area contributed by atoms with Crippen LogP contribution in [0.25, 0.3) is 0 Å². The molecule has 1 aromatic carbocycles. The summed E-state index contributed by atoms with van der Waals surface area (Å²) >= 11 is 7.25. The van der Waals surface area contributed by atoms with Crippen LogP contribution in [0, 0.1) is 19.8 Å². The van der Waals surface area contributed by atoms with Crippen molar-refractivity contribution in [2.24, 2.45) is 5.92 Å². The lowest BCUT2D eigenvalue weighted by Crippen LogP contribution is -2.54. The molecular formula is C21H28ClNO4S. The molecule has 0 unspecified atom stereocenters. The standard InChI is InChI=1S/C21H28ClNO4S/c1-13-10-11-16(22)14(2)18(13)23(21(3,4)20(26)27)17(24)12-28-19(25)15-8-6-5-7-9-15/h10-11,15H,5-9,12H2,1-4H3,(H,26,27). The normalized spacial score (nSPS) is 15.3. The molecule has 5 nitrogen and oxygen atoms in total. The summed E-state index contributed by atoms with van der Waals surface area (Å²) in [6.07, 6.45) is 4.99. The van der Waals surface area contributed by atoms with Gasteiger partial charge in [0.1, 0.15) is 5.54 Å². The fourth-order valence-corrected chi connectivity index (χ4v) is 4.64. The van der Waals surface area contributed by atoms with Crippen molar-refractivity contribution in [3.8, 4) is 0 Å². The van der Waals surface area contributed by atoms with Crippen molar-refractivity contribution in [1.29, 1.82) is 0 Å². The number of anilines is 1. The first kappa shape index (κ1) is 22.8. The van der Waals surface area contributed by atoms with Gasteiger partial charge in [-0.15, -0.1) is 0 Å². The van der Waals surface area contributed by atoms with Gasteiger partial charge in [0, 0.05) is 10.9 Å². The van der Waals surface area contributed by atoms with Crippen LogP contribution < -0.4 is 4.90 Å². The number of carbonyl (C=O) groups excluding carboxylic acids is 2. The third-order valence-electron chi connectivity index (χ3n) is 5.40. The zero-order chi connectivity index (χ0) is 21.1. The monoisotopic (exact) mass is 425 g/mol. The highest BCUT2D eigenvalue weighted by atomic mass is 35.5. The maximum atomic E-state index is 13.1. The fourth-order valence-electron chi connectivity index (χ4n) is 3.62. The Kier molecular flexibility index (Phi) is 7.57. The lowest BCUT2D eigenvalue weighted by Gasteiger charge is -2.37. The predicted octanol–water partition coefficient (Wildman–Crippen LogP) is 4.99. The third-order valence-corrected chi connectivity index (χ3v) is 6.82. The van der Waals surface area contributed by atoms with Crippen LogP contribution in [-0.2, 0) is 14.4 Å². The molecule has 1 aromatic rings. The van der Waals surface area contributed by atoms with Crippen LogP contribution in [0.1, 0.15) is 57.1 Å². The minimum absolute atomic E-state index is 0.00197. The number of thioether (sulfide) groups is 1. The second-order valence-corrected chi connectivity index (χ2v) is 9.26. The quantitative estimate of drug-likeness (QED) is 0.694. The molecule has 1 amide bonds. The van der Waals surface area contributed by atoms with E-state index in [0.717, 1.165) is 49.4 Å². The molecule has 0 saturated heterocycles. The van der Waals surface area contributed by atoms with Gasteiger partial charge in [0.2, 0.25) is 5.91 Å². The average molecular weight is 426 g/mol. The van der Waals surface area contributed by atoms with Gasteiger partial charge in [-0.05, 0) is 57.7 Å². The number of nitrogens with zero attached hydrogens (tertiary/aromatic N) is 1. The molecule has 0 bridgehead atoms. The van der Waals surface area contributed by atoms with E-state index in [-0.39, 0.29) is 16.8 Å². The molecule has 0 atom stereocenters. The van der Waals surface area contributed by atoms with E-state index < -0.39 is 17.4 Å². The van der Waals surface area contributed by atoms with Crippen LogP contribution in [0.5, 0.6) is 0 Å². The maximum Gasteiger partial charge on any atom is 0.329 e. The summed E-state index contributed by atoms with van der Waals surface area (Å²) in [5.41, 5.74) is 0.419. The van der Waals surface area contributed by atoms with Gasteiger partial charge < -0.3 is 5.11 Å². The van der Waals surface area contributed by atoms with E-state index in [1.165, 1.54) is 18.7 Å². The number of aliphatic carboxylic acids is 1. The van der Waals surface area contributed by atoms with Crippen LogP contribution in [0.4, 0.5) is 5.69 Å². The number of aryl methyl sites for hydroxylation is 1. The largest absolute Gasteiger partial charge is 0.480 e. The van der Waals surface area contributed by atoms with E-state index in [9.17, 15) is 19.5 Å². The first-order valence-electron chi connectivity index (χ1n) is 9.56. The minimum Gasteiger partial charge on any atom is -0.480 e. The van der Waals surface area contributed by atoms with Crippen LogP contribution >= 0.6 is 23.4 Å². The fraction of sp³-hybridized carbons (Fsp3) is 0.571. The van der Waals surface area contributed by atoms with Crippen molar-refractivity contribution in [1.82, 2.24) is 0 Å². The number of hydrogen-bond acceptors (Lipinski definition) is 4. The predicted molar refractivity (Wildman–Crippen MR) is 114 cm³/mol. The number of rotatable bonds is 6. The van der Waals surface area contributed by atoms with Gasteiger partial charge in [-0.1, -0.05) is 48.7 Å². The third kappa shape index (κ3) is 4.90. The molecule has 154 valence electrons. The Bertz CT molecular complexity index is 772. The van der Waals surface area contributed by atoms with Crippen LogP contribution in [0.15, 0.2) is 12.1 Å². The van der Waals surface area contributed by atoms with Crippen LogP contribution in [0.2, 0.25) is 5.02 Å². The van der Waals surface area contributed by atoms with Gasteiger partial charge in [-0.25, -0.2) is 4.79 Å².